The number of aromatic nitrogens is 1. The van der Waals surface area contributed by atoms with E-state index in [0.717, 1.165) is 18.1 Å². The molecule has 1 aliphatic heterocycles. The van der Waals surface area contributed by atoms with Gasteiger partial charge in [-0.25, -0.2) is 9.59 Å². The maximum Gasteiger partial charge on any atom is 0.414 e. The van der Waals surface area contributed by atoms with Crippen LogP contribution < -0.4 is 5.32 Å². The Bertz CT molecular complexity index is 770. The fraction of sp³-hybridized carbons (Fsp3) is 0.375. The molecule has 1 aromatic carbocycles. The minimum atomic E-state index is -1.82. The monoisotopic (exact) mass is 338 g/mol. The molecule has 23 heavy (non-hydrogen) atoms. The van der Waals surface area contributed by atoms with Crippen molar-refractivity contribution in [1.29, 1.82) is 0 Å². The third kappa shape index (κ3) is 3.18. The predicted octanol–water partition coefficient (Wildman–Crippen LogP) is 2.73. The normalized spacial score (nSPS) is 16.4. The Kier molecular flexibility index (Phi) is 4.97. The first-order valence-corrected chi connectivity index (χ1v) is 7.58. The van der Waals surface area contributed by atoms with Crippen molar-refractivity contribution in [3.8, 4) is 0 Å². The van der Waals surface area contributed by atoms with Gasteiger partial charge in [0.05, 0.1) is 5.52 Å². The van der Waals surface area contributed by atoms with E-state index >= 15 is 0 Å². The lowest BCUT2D eigenvalue weighted by Gasteiger charge is -2.25. The molecule has 0 amide bonds. The number of carboxylic acid groups (broad SMARTS) is 2. The van der Waals surface area contributed by atoms with Crippen LogP contribution in [-0.4, -0.2) is 33.3 Å². The first kappa shape index (κ1) is 17.3. The summed E-state index contributed by atoms with van der Waals surface area (Å²) < 4.78 is 2.46. The van der Waals surface area contributed by atoms with E-state index in [0.29, 0.717) is 6.04 Å². The molecule has 0 bridgehead atoms. The molecule has 0 spiro atoms. The maximum absolute atomic E-state index is 9.10. The summed E-state index contributed by atoms with van der Waals surface area (Å²) in [5.74, 6) is -3.65. The number of carboxylic acids is 2. The van der Waals surface area contributed by atoms with Crippen LogP contribution in [0.2, 0.25) is 5.02 Å². The lowest BCUT2D eigenvalue weighted by atomic mass is 10.1. The third-order valence-corrected chi connectivity index (χ3v) is 4.50. The Hall–Kier alpha value is -2.05. The average molecular weight is 339 g/mol. The number of carbonyl (C=O) groups is 2. The lowest BCUT2D eigenvalue weighted by Crippen LogP contribution is -2.31. The molecule has 0 radical (unpaired) electrons. The lowest BCUT2D eigenvalue weighted by molar-refractivity contribution is -0.159. The Morgan fingerprint density at radius 1 is 1.22 bits per heavy atom. The smallest absolute Gasteiger partial charge is 0.414 e. The summed E-state index contributed by atoms with van der Waals surface area (Å²) in [4.78, 5) is 18.2. The van der Waals surface area contributed by atoms with Crippen LogP contribution in [0, 0.1) is 13.8 Å². The quantitative estimate of drug-likeness (QED) is 0.642. The molecule has 0 saturated heterocycles. The SMILES string of the molecule is Cc1c2n(c3c(C)c(Cl)ccc13)C(C)CNC2.O=C(O)C(=O)O. The minimum Gasteiger partial charge on any atom is -0.473 e. The predicted molar refractivity (Wildman–Crippen MR) is 88.1 cm³/mol. The van der Waals surface area contributed by atoms with E-state index in [1.807, 2.05) is 6.07 Å². The van der Waals surface area contributed by atoms with Crippen LogP contribution in [0.5, 0.6) is 0 Å². The van der Waals surface area contributed by atoms with Crippen molar-refractivity contribution in [3.05, 3.63) is 34.0 Å². The number of benzene rings is 1. The van der Waals surface area contributed by atoms with Gasteiger partial charge in [-0.15, -0.1) is 0 Å². The van der Waals surface area contributed by atoms with E-state index in [-0.39, 0.29) is 0 Å². The van der Waals surface area contributed by atoms with Crippen LogP contribution in [-0.2, 0) is 16.1 Å². The highest BCUT2D eigenvalue weighted by atomic mass is 35.5. The zero-order chi connectivity index (χ0) is 17.3. The van der Waals surface area contributed by atoms with Crippen LogP contribution >= 0.6 is 11.6 Å². The van der Waals surface area contributed by atoms with Crippen molar-refractivity contribution in [3.63, 3.8) is 0 Å². The van der Waals surface area contributed by atoms with Crippen LogP contribution in [0.4, 0.5) is 0 Å². The van der Waals surface area contributed by atoms with Crippen molar-refractivity contribution < 1.29 is 19.8 Å². The van der Waals surface area contributed by atoms with Crippen LogP contribution in [0.25, 0.3) is 10.9 Å². The average Bonchev–Trinajstić information content (AvgIpc) is 2.79. The molecule has 2 heterocycles. The Morgan fingerprint density at radius 3 is 2.39 bits per heavy atom. The number of aryl methyl sites for hydroxylation is 2. The zero-order valence-corrected chi connectivity index (χ0v) is 13.9. The topological polar surface area (TPSA) is 91.6 Å². The second-order valence-corrected chi connectivity index (χ2v) is 6.01. The largest absolute Gasteiger partial charge is 0.473 e. The molecule has 0 fully saturated rings. The van der Waals surface area contributed by atoms with Gasteiger partial charge in [0, 0.05) is 35.2 Å². The van der Waals surface area contributed by atoms with E-state index in [1.165, 1.54) is 27.7 Å². The first-order chi connectivity index (χ1) is 10.8. The van der Waals surface area contributed by atoms with Crippen LogP contribution in [0.3, 0.4) is 0 Å². The van der Waals surface area contributed by atoms with Gasteiger partial charge in [-0.05, 0) is 38.0 Å². The molecule has 3 N–H and O–H groups in total. The van der Waals surface area contributed by atoms with E-state index in [2.05, 4.69) is 36.7 Å². The van der Waals surface area contributed by atoms with E-state index in [1.54, 1.807) is 0 Å². The summed E-state index contributed by atoms with van der Waals surface area (Å²) >= 11 is 6.26. The van der Waals surface area contributed by atoms with Crippen molar-refractivity contribution in [1.82, 2.24) is 9.88 Å². The van der Waals surface area contributed by atoms with Gasteiger partial charge in [0.1, 0.15) is 0 Å². The van der Waals surface area contributed by atoms with Gasteiger partial charge < -0.3 is 20.1 Å². The van der Waals surface area contributed by atoms with Crippen molar-refractivity contribution in [2.24, 2.45) is 0 Å². The van der Waals surface area contributed by atoms with Crippen LogP contribution in [0.15, 0.2) is 12.1 Å². The van der Waals surface area contributed by atoms with Gasteiger partial charge in [0.2, 0.25) is 0 Å². The number of fused-ring (bicyclic) bond motifs is 3. The molecule has 2 aromatic rings. The summed E-state index contributed by atoms with van der Waals surface area (Å²) in [6.07, 6.45) is 0. The Labute approximate surface area is 138 Å². The van der Waals surface area contributed by atoms with Crippen molar-refractivity contribution in [2.45, 2.75) is 33.4 Å². The molecular formula is C16H19ClN2O4. The molecule has 1 atom stereocenters. The Balaban J connectivity index is 0.000000277. The second kappa shape index (κ2) is 6.60. The molecule has 6 nitrogen and oxygen atoms in total. The van der Waals surface area contributed by atoms with E-state index < -0.39 is 11.9 Å². The maximum atomic E-state index is 9.10. The molecule has 124 valence electrons. The number of nitrogens with one attached hydrogen (secondary N) is 1. The minimum absolute atomic E-state index is 0.493. The van der Waals surface area contributed by atoms with Crippen molar-refractivity contribution >= 4 is 34.4 Å². The van der Waals surface area contributed by atoms with Gasteiger partial charge in [0.15, 0.2) is 0 Å². The Morgan fingerprint density at radius 2 is 1.83 bits per heavy atom. The number of hydrogen-bond acceptors (Lipinski definition) is 3. The molecule has 7 heteroatoms. The standard InChI is InChI=1S/C14H17ClN2.C2H2O4/c1-8-6-16-7-13-9(2)11-4-5-12(15)10(3)14(11)17(8)13;3-1(4)2(5)6/h4-5,8,16H,6-7H2,1-3H3;(H,3,4)(H,5,6). The molecule has 0 aliphatic carbocycles. The molecule has 1 aliphatic rings. The summed E-state index contributed by atoms with van der Waals surface area (Å²) in [6.45, 7) is 8.58. The number of halogens is 1. The molecule has 1 aromatic heterocycles. The fourth-order valence-electron chi connectivity index (χ4n) is 2.95. The summed E-state index contributed by atoms with van der Waals surface area (Å²) in [7, 11) is 0. The molecule has 3 rings (SSSR count). The first-order valence-electron chi connectivity index (χ1n) is 7.21. The number of hydrogen-bond donors (Lipinski definition) is 3. The van der Waals surface area contributed by atoms with E-state index in [9.17, 15) is 0 Å². The highest BCUT2D eigenvalue weighted by Crippen LogP contribution is 2.35. The van der Waals surface area contributed by atoms with Gasteiger partial charge in [-0.3, -0.25) is 0 Å². The van der Waals surface area contributed by atoms with E-state index in [4.69, 9.17) is 31.4 Å². The summed E-state index contributed by atoms with van der Waals surface area (Å²) in [5, 5.41) is 20.5. The van der Waals surface area contributed by atoms with Gasteiger partial charge in [-0.1, -0.05) is 17.7 Å². The zero-order valence-electron chi connectivity index (χ0n) is 13.2. The molecule has 0 saturated carbocycles. The van der Waals surface area contributed by atoms with Crippen LogP contribution in [0.1, 0.15) is 29.8 Å². The van der Waals surface area contributed by atoms with Gasteiger partial charge in [0.25, 0.3) is 0 Å². The highest BCUT2D eigenvalue weighted by Gasteiger charge is 2.23. The fourth-order valence-corrected chi connectivity index (χ4v) is 3.11. The number of nitrogens with zero attached hydrogens (tertiary/aromatic N) is 1. The summed E-state index contributed by atoms with van der Waals surface area (Å²) in [5.41, 5.74) is 5.31. The highest BCUT2D eigenvalue weighted by molar-refractivity contribution is 6.32. The number of aliphatic carboxylic acids is 2. The summed E-state index contributed by atoms with van der Waals surface area (Å²) in [6, 6.07) is 4.65. The van der Waals surface area contributed by atoms with Gasteiger partial charge >= 0.3 is 11.9 Å². The third-order valence-electron chi connectivity index (χ3n) is 4.09. The van der Waals surface area contributed by atoms with Crippen molar-refractivity contribution in [2.75, 3.05) is 6.54 Å². The molecular weight excluding hydrogens is 320 g/mol. The van der Waals surface area contributed by atoms with Gasteiger partial charge in [-0.2, -0.15) is 0 Å². The second-order valence-electron chi connectivity index (χ2n) is 5.60. The number of rotatable bonds is 0. The molecule has 1 unspecified atom stereocenters.